The van der Waals surface area contributed by atoms with E-state index in [-0.39, 0.29) is 17.7 Å². The number of hydrogen-bond acceptors (Lipinski definition) is 2. The first-order valence-corrected chi connectivity index (χ1v) is 4.61. The second-order valence-electron chi connectivity index (χ2n) is 3.28. The van der Waals surface area contributed by atoms with E-state index in [1.54, 1.807) is 0 Å². The van der Waals surface area contributed by atoms with E-state index in [4.69, 9.17) is 0 Å². The van der Waals surface area contributed by atoms with E-state index in [0.717, 1.165) is 18.2 Å². The zero-order valence-corrected chi connectivity index (χ0v) is 8.23. The van der Waals surface area contributed by atoms with Crippen LogP contribution >= 0.6 is 0 Å². The molecular weight excluding hydrogens is 214 g/mol. The van der Waals surface area contributed by atoms with Gasteiger partial charge < -0.3 is 0 Å². The quantitative estimate of drug-likeness (QED) is 0.773. The van der Waals surface area contributed by atoms with Crippen LogP contribution in [0.15, 0.2) is 41.6 Å². The molecule has 82 valence electrons. The standard InChI is InChI=1S/C11H8F2N2O/c12-9-1-2-10(13)8(5-9)6-15-7-14-4-3-11(15)16/h1-5,7H,6H2. The molecule has 2 aromatic rings. The lowest BCUT2D eigenvalue weighted by atomic mass is 10.2. The van der Waals surface area contributed by atoms with Crippen molar-refractivity contribution in [1.29, 1.82) is 0 Å². The highest BCUT2D eigenvalue weighted by molar-refractivity contribution is 5.19. The van der Waals surface area contributed by atoms with E-state index in [1.165, 1.54) is 23.2 Å². The molecule has 0 amide bonds. The van der Waals surface area contributed by atoms with Gasteiger partial charge in [-0.15, -0.1) is 0 Å². The second kappa shape index (κ2) is 4.22. The van der Waals surface area contributed by atoms with Crippen molar-refractivity contribution in [3.8, 4) is 0 Å². The Morgan fingerprint density at radius 3 is 2.81 bits per heavy atom. The van der Waals surface area contributed by atoms with Gasteiger partial charge in [-0.05, 0) is 18.2 Å². The van der Waals surface area contributed by atoms with Gasteiger partial charge in [-0.3, -0.25) is 9.36 Å². The van der Waals surface area contributed by atoms with Crippen LogP contribution in [0.2, 0.25) is 0 Å². The van der Waals surface area contributed by atoms with Crippen molar-refractivity contribution in [2.24, 2.45) is 0 Å². The van der Waals surface area contributed by atoms with Crippen LogP contribution in [0.5, 0.6) is 0 Å². The molecule has 0 bridgehead atoms. The highest BCUT2D eigenvalue weighted by Crippen LogP contribution is 2.10. The number of halogens is 2. The van der Waals surface area contributed by atoms with Crippen LogP contribution in [0.3, 0.4) is 0 Å². The fraction of sp³-hybridized carbons (Fsp3) is 0.0909. The average molecular weight is 222 g/mol. The van der Waals surface area contributed by atoms with E-state index in [1.807, 2.05) is 0 Å². The highest BCUT2D eigenvalue weighted by Gasteiger charge is 2.05. The summed E-state index contributed by atoms with van der Waals surface area (Å²) in [5.74, 6) is -1.08. The predicted octanol–water partition coefficient (Wildman–Crippen LogP) is 1.57. The summed E-state index contributed by atoms with van der Waals surface area (Å²) < 4.78 is 27.4. The summed E-state index contributed by atoms with van der Waals surface area (Å²) in [5.41, 5.74) is -0.186. The molecule has 0 aliphatic heterocycles. The van der Waals surface area contributed by atoms with Crippen LogP contribution in [0.1, 0.15) is 5.56 Å². The zero-order valence-electron chi connectivity index (χ0n) is 8.23. The summed E-state index contributed by atoms with van der Waals surface area (Å²) >= 11 is 0. The number of aromatic nitrogens is 2. The van der Waals surface area contributed by atoms with E-state index in [9.17, 15) is 13.6 Å². The molecule has 1 aromatic heterocycles. The Hall–Kier alpha value is -2.04. The molecule has 0 saturated heterocycles. The maximum atomic E-state index is 13.3. The topological polar surface area (TPSA) is 34.9 Å². The molecule has 1 heterocycles. The molecule has 0 aliphatic rings. The van der Waals surface area contributed by atoms with Crippen LogP contribution in [0.4, 0.5) is 8.78 Å². The number of hydrogen-bond donors (Lipinski definition) is 0. The summed E-state index contributed by atoms with van der Waals surface area (Å²) in [4.78, 5) is 15.1. The van der Waals surface area contributed by atoms with Gasteiger partial charge in [0, 0.05) is 17.8 Å². The van der Waals surface area contributed by atoms with Crippen LogP contribution < -0.4 is 5.56 Å². The molecule has 0 aliphatic carbocycles. The molecule has 0 atom stereocenters. The van der Waals surface area contributed by atoms with Gasteiger partial charge in [0.1, 0.15) is 11.6 Å². The lowest BCUT2D eigenvalue weighted by Crippen LogP contribution is -2.19. The third kappa shape index (κ3) is 2.13. The molecule has 16 heavy (non-hydrogen) atoms. The second-order valence-corrected chi connectivity index (χ2v) is 3.28. The Balaban J connectivity index is 2.38. The molecule has 0 radical (unpaired) electrons. The molecule has 5 heteroatoms. The third-order valence-corrected chi connectivity index (χ3v) is 2.14. The molecule has 0 unspecified atom stereocenters. The smallest absolute Gasteiger partial charge is 0.253 e. The minimum Gasteiger partial charge on any atom is -0.295 e. The van der Waals surface area contributed by atoms with Crippen molar-refractivity contribution in [3.05, 3.63) is 64.3 Å². The van der Waals surface area contributed by atoms with Crippen LogP contribution in [0, 0.1) is 11.6 Å². The van der Waals surface area contributed by atoms with Crippen molar-refractivity contribution in [3.63, 3.8) is 0 Å². The van der Waals surface area contributed by atoms with Crippen molar-refractivity contribution in [2.45, 2.75) is 6.54 Å². The van der Waals surface area contributed by atoms with Crippen LogP contribution in [-0.4, -0.2) is 9.55 Å². The van der Waals surface area contributed by atoms with E-state index in [2.05, 4.69) is 4.98 Å². The SMILES string of the molecule is O=c1ccncn1Cc1cc(F)ccc1F. The van der Waals surface area contributed by atoms with Gasteiger partial charge in [0.2, 0.25) is 0 Å². The van der Waals surface area contributed by atoms with Gasteiger partial charge in [-0.25, -0.2) is 13.8 Å². The number of benzene rings is 1. The summed E-state index contributed by atoms with van der Waals surface area (Å²) in [6.07, 6.45) is 2.63. The summed E-state index contributed by atoms with van der Waals surface area (Å²) in [7, 11) is 0. The van der Waals surface area contributed by atoms with Crippen LogP contribution in [0.25, 0.3) is 0 Å². The Labute approximate surface area is 90.0 Å². The monoisotopic (exact) mass is 222 g/mol. The summed E-state index contributed by atoms with van der Waals surface area (Å²) in [5, 5.41) is 0. The Kier molecular flexibility index (Phi) is 2.76. The molecule has 3 nitrogen and oxygen atoms in total. The molecular formula is C11H8F2N2O. The first-order chi connectivity index (χ1) is 7.66. The van der Waals surface area contributed by atoms with Gasteiger partial charge >= 0.3 is 0 Å². The minimum absolute atomic E-state index is 0.0315. The molecule has 0 N–H and O–H groups in total. The van der Waals surface area contributed by atoms with Crippen LogP contribution in [-0.2, 0) is 6.54 Å². The molecule has 0 saturated carbocycles. The van der Waals surface area contributed by atoms with E-state index < -0.39 is 11.6 Å². The molecule has 1 aromatic carbocycles. The van der Waals surface area contributed by atoms with Crippen molar-refractivity contribution in [1.82, 2.24) is 9.55 Å². The van der Waals surface area contributed by atoms with Gasteiger partial charge in [0.25, 0.3) is 5.56 Å². The third-order valence-electron chi connectivity index (χ3n) is 2.14. The first kappa shape index (κ1) is 10.5. The van der Waals surface area contributed by atoms with Crippen molar-refractivity contribution >= 4 is 0 Å². The Bertz CT molecular complexity index is 566. The van der Waals surface area contributed by atoms with E-state index >= 15 is 0 Å². The minimum atomic E-state index is -0.544. The normalized spacial score (nSPS) is 10.4. The highest BCUT2D eigenvalue weighted by atomic mass is 19.1. The Morgan fingerprint density at radius 1 is 1.25 bits per heavy atom. The van der Waals surface area contributed by atoms with Gasteiger partial charge in [-0.2, -0.15) is 0 Å². The predicted molar refractivity (Wildman–Crippen MR) is 54.0 cm³/mol. The molecule has 0 spiro atoms. The average Bonchev–Trinajstić information content (AvgIpc) is 2.27. The largest absolute Gasteiger partial charge is 0.295 e. The maximum absolute atomic E-state index is 13.3. The Morgan fingerprint density at radius 2 is 2.06 bits per heavy atom. The maximum Gasteiger partial charge on any atom is 0.253 e. The van der Waals surface area contributed by atoms with Gasteiger partial charge in [0.15, 0.2) is 0 Å². The van der Waals surface area contributed by atoms with Crippen molar-refractivity contribution < 1.29 is 8.78 Å². The van der Waals surface area contributed by atoms with E-state index in [0.29, 0.717) is 0 Å². The number of rotatable bonds is 2. The zero-order chi connectivity index (χ0) is 11.5. The fourth-order valence-electron chi connectivity index (χ4n) is 1.35. The fourth-order valence-corrected chi connectivity index (χ4v) is 1.35. The summed E-state index contributed by atoms with van der Waals surface area (Å²) in [6, 6.07) is 4.39. The van der Waals surface area contributed by atoms with Crippen molar-refractivity contribution in [2.75, 3.05) is 0 Å². The molecule has 2 rings (SSSR count). The number of nitrogens with zero attached hydrogens (tertiary/aromatic N) is 2. The van der Waals surface area contributed by atoms with Gasteiger partial charge in [0.05, 0.1) is 12.9 Å². The summed E-state index contributed by atoms with van der Waals surface area (Å²) in [6.45, 7) is -0.0315. The lowest BCUT2D eigenvalue weighted by Gasteiger charge is -2.05. The first-order valence-electron chi connectivity index (χ1n) is 4.61. The molecule has 0 fully saturated rings. The van der Waals surface area contributed by atoms with Gasteiger partial charge in [-0.1, -0.05) is 0 Å². The lowest BCUT2D eigenvalue weighted by molar-refractivity contribution is 0.573.